The number of ether oxygens (including phenoxy) is 1. The molecule has 0 heterocycles. The zero-order valence-corrected chi connectivity index (χ0v) is 14.5. The normalized spacial score (nSPS) is 19.4. The van der Waals surface area contributed by atoms with Crippen molar-refractivity contribution in [2.75, 3.05) is 0 Å². The van der Waals surface area contributed by atoms with E-state index in [9.17, 15) is 9.18 Å². The van der Waals surface area contributed by atoms with Crippen molar-refractivity contribution < 1.29 is 13.9 Å². The average molecular weight is 349 g/mol. The maximum Gasteiger partial charge on any atom is 0.343 e. The quantitative estimate of drug-likeness (QED) is 0.423. The highest BCUT2D eigenvalue weighted by molar-refractivity contribution is 5.91. The molecule has 0 radical (unpaired) electrons. The molecule has 0 saturated heterocycles. The fourth-order valence-electron chi connectivity index (χ4n) is 3.40. The zero-order chi connectivity index (χ0) is 18.5. The summed E-state index contributed by atoms with van der Waals surface area (Å²) in [5.74, 6) is -0.0326. The van der Waals surface area contributed by atoms with E-state index >= 15 is 0 Å². The van der Waals surface area contributed by atoms with Gasteiger partial charge in [0.15, 0.2) is 0 Å². The summed E-state index contributed by atoms with van der Waals surface area (Å²) in [5.41, 5.74) is 1.56. The van der Waals surface area contributed by atoms with E-state index in [-0.39, 0.29) is 11.3 Å². The molecule has 26 heavy (non-hydrogen) atoms. The van der Waals surface area contributed by atoms with Gasteiger partial charge in [-0.05, 0) is 67.3 Å². The van der Waals surface area contributed by atoms with Crippen molar-refractivity contribution >= 4 is 5.97 Å². The van der Waals surface area contributed by atoms with Crippen LogP contribution in [0.15, 0.2) is 55.1 Å². The van der Waals surface area contributed by atoms with Gasteiger partial charge < -0.3 is 4.74 Å². The van der Waals surface area contributed by atoms with Crippen LogP contribution in [0, 0.1) is 23.1 Å². The van der Waals surface area contributed by atoms with Gasteiger partial charge >= 0.3 is 5.97 Å². The van der Waals surface area contributed by atoms with E-state index in [2.05, 4.69) is 6.58 Å². The van der Waals surface area contributed by atoms with E-state index in [0.29, 0.717) is 17.4 Å². The summed E-state index contributed by atoms with van der Waals surface area (Å²) in [4.78, 5) is 12.2. The first-order valence-corrected chi connectivity index (χ1v) is 8.75. The maximum absolute atomic E-state index is 13.6. The Bertz CT molecular complexity index is 843. The van der Waals surface area contributed by atoms with E-state index in [1.54, 1.807) is 18.2 Å². The molecule has 2 aromatic carbocycles. The van der Waals surface area contributed by atoms with Gasteiger partial charge in [0, 0.05) is 6.07 Å². The number of halogens is 1. The summed E-state index contributed by atoms with van der Waals surface area (Å²) >= 11 is 0. The van der Waals surface area contributed by atoms with Crippen molar-refractivity contribution in [2.24, 2.45) is 5.92 Å². The number of hydrogen-bond acceptors (Lipinski definition) is 3. The van der Waals surface area contributed by atoms with Gasteiger partial charge in [0.25, 0.3) is 0 Å². The Balaban J connectivity index is 1.65. The third kappa shape index (κ3) is 4.00. The van der Waals surface area contributed by atoms with Gasteiger partial charge in [-0.15, -0.1) is 6.58 Å². The van der Waals surface area contributed by atoms with Crippen molar-refractivity contribution in [3.05, 3.63) is 77.6 Å². The zero-order valence-electron chi connectivity index (χ0n) is 14.5. The van der Waals surface area contributed by atoms with Crippen LogP contribution in [0.25, 0.3) is 0 Å². The van der Waals surface area contributed by atoms with Gasteiger partial charge in [-0.2, -0.15) is 5.26 Å². The highest BCUT2D eigenvalue weighted by atomic mass is 19.1. The Morgan fingerprint density at radius 2 is 1.85 bits per heavy atom. The van der Waals surface area contributed by atoms with Gasteiger partial charge in [-0.1, -0.05) is 18.2 Å². The minimum Gasteiger partial charge on any atom is -0.423 e. The molecule has 0 unspecified atom stereocenters. The van der Waals surface area contributed by atoms with Crippen molar-refractivity contribution in [2.45, 2.75) is 31.6 Å². The van der Waals surface area contributed by atoms with Gasteiger partial charge in [0.1, 0.15) is 17.6 Å². The summed E-state index contributed by atoms with van der Waals surface area (Å²) in [7, 11) is 0. The number of carbonyl (C=O) groups excluding carboxylic acids is 1. The van der Waals surface area contributed by atoms with Crippen LogP contribution in [0.3, 0.4) is 0 Å². The Hall–Kier alpha value is -2.93. The Morgan fingerprint density at radius 3 is 2.42 bits per heavy atom. The fourth-order valence-corrected chi connectivity index (χ4v) is 3.40. The molecule has 1 saturated carbocycles. The summed E-state index contributed by atoms with van der Waals surface area (Å²) < 4.78 is 18.8. The molecule has 3 nitrogen and oxygen atoms in total. The third-order valence-electron chi connectivity index (χ3n) is 4.99. The van der Waals surface area contributed by atoms with Gasteiger partial charge in [-0.25, -0.2) is 9.18 Å². The first-order chi connectivity index (χ1) is 12.6. The van der Waals surface area contributed by atoms with Crippen LogP contribution in [0.1, 0.15) is 53.1 Å². The largest absolute Gasteiger partial charge is 0.423 e. The molecule has 4 heteroatoms. The Labute approximate surface area is 152 Å². The molecule has 0 atom stereocenters. The minimum absolute atomic E-state index is 0.0818. The molecule has 0 amide bonds. The molecule has 2 aromatic rings. The number of nitrogens with zero attached hydrogens (tertiary/aromatic N) is 1. The first kappa shape index (κ1) is 17.9. The van der Waals surface area contributed by atoms with E-state index in [4.69, 9.17) is 10.00 Å². The number of allylic oxidation sites excluding steroid dienone is 1. The predicted octanol–water partition coefficient (Wildman–Crippen LogP) is 5.38. The predicted molar refractivity (Wildman–Crippen MR) is 97.4 cm³/mol. The molecular weight excluding hydrogens is 329 g/mol. The maximum atomic E-state index is 13.6. The van der Waals surface area contributed by atoms with Crippen LogP contribution in [0.5, 0.6) is 5.75 Å². The summed E-state index contributed by atoms with van der Waals surface area (Å²) in [6.45, 7) is 3.87. The lowest BCUT2D eigenvalue weighted by atomic mass is 9.79. The number of nitriles is 1. The van der Waals surface area contributed by atoms with Crippen LogP contribution in [-0.4, -0.2) is 5.97 Å². The standard InChI is InChI=1S/C22H20FNO2/c1-2-15-3-5-16(6-4-15)17-7-9-18(10-8-17)22(25)26-20-12-11-19(14-24)21(23)13-20/h2,7-13,15-16H,1,3-6H2. The average Bonchev–Trinajstić information content (AvgIpc) is 2.68. The van der Waals surface area contributed by atoms with Crippen molar-refractivity contribution in [1.29, 1.82) is 5.26 Å². The molecule has 0 bridgehead atoms. The summed E-state index contributed by atoms with van der Waals surface area (Å²) in [5, 5.41) is 8.73. The monoisotopic (exact) mass is 349 g/mol. The second kappa shape index (κ2) is 7.97. The van der Waals surface area contributed by atoms with Crippen molar-refractivity contribution in [3.63, 3.8) is 0 Å². The lowest BCUT2D eigenvalue weighted by Crippen LogP contribution is -2.12. The van der Waals surface area contributed by atoms with E-state index in [1.165, 1.54) is 17.7 Å². The molecule has 1 fully saturated rings. The second-order valence-electron chi connectivity index (χ2n) is 6.61. The topological polar surface area (TPSA) is 50.1 Å². The molecule has 3 rings (SSSR count). The fraction of sp³-hybridized carbons (Fsp3) is 0.273. The van der Waals surface area contributed by atoms with Crippen LogP contribution in [-0.2, 0) is 0 Å². The molecule has 0 aliphatic heterocycles. The number of hydrogen-bond donors (Lipinski definition) is 0. The number of esters is 1. The lowest BCUT2D eigenvalue weighted by Gasteiger charge is -2.26. The molecule has 132 valence electrons. The Morgan fingerprint density at radius 1 is 1.15 bits per heavy atom. The van der Waals surface area contributed by atoms with E-state index in [1.807, 2.05) is 18.2 Å². The summed E-state index contributed by atoms with van der Waals surface area (Å²) in [6, 6.07) is 12.9. The second-order valence-corrected chi connectivity index (χ2v) is 6.61. The third-order valence-corrected chi connectivity index (χ3v) is 4.99. The van der Waals surface area contributed by atoms with Crippen molar-refractivity contribution in [1.82, 2.24) is 0 Å². The van der Waals surface area contributed by atoms with Crippen LogP contribution in [0.4, 0.5) is 4.39 Å². The van der Waals surface area contributed by atoms with E-state index < -0.39 is 11.8 Å². The smallest absolute Gasteiger partial charge is 0.343 e. The molecule has 0 aromatic heterocycles. The van der Waals surface area contributed by atoms with Gasteiger partial charge in [-0.3, -0.25) is 0 Å². The van der Waals surface area contributed by atoms with Gasteiger partial charge in [0.2, 0.25) is 0 Å². The molecule has 1 aliphatic rings. The summed E-state index contributed by atoms with van der Waals surface area (Å²) in [6.07, 6.45) is 6.61. The van der Waals surface area contributed by atoms with Crippen LogP contribution in [0.2, 0.25) is 0 Å². The Kier molecular flexibility index (Phi) is 5.48. The highest BCUT2D eigenvalue weighted by Gasteiger charge is 2.21. The highest BCUT2D eigenvalue weighted by Crippen LogP contribution is 2.36. The van der Waals surface area contributed by atoms with Crippen molar-refractivity contribution in [3.8, 4) is 11.8 Å². The molecule has 0 spiro atoms. The number of carbonyl (C=O) groups is 1. The number of benzene rings is 2. The SMILES string of the molecule is C=CC1CCC(c2ccc(C(=O)Oc3ccc(C#N)c(F)c3)cc2)CC1. The molecule has 0 N–H and O–H groups in total. The molecule has 1 aliphatic carbocycles. The van der Waals surface area contributed by atoms with Crippen LogP contribution >= 0.6 is 0 Å². The van der Waals surface area contributed by atoms with Crippen LogP contribution < -0.4 is 4.74 Å². The minimum atomic E-state index is -0.705. The lowest BCUT2D eigenvalue weighted by molar-refractivity contribution is 0.0734. The molecular formula is C22H20FNO2. The van der Waals surface area contributed by atoms with E-state index in [0.717, 1.165) is 31.7 Å². The number of rotatable bonds is 4. The first-order valence-electron chi connectivity index (χ1n) is 8.75. The van der Waals surface area contributed by atoms with Gasteiger partial charge in [0.05, 0.1) is 11.1 Å².